The maximum Gasteiger partial charge on any atom is 0.228 e. The smallest absolute Gasteiger partial charge is 0.228 e. The van der Waals surface area contributed by atoms with Gasteiger partial charge in [-0.2, -0.15) is 0 Å². The fourth-order valence-corrected chi connectivity index (χ4v) is 2.59. The van der Waals surface area contributed by atoms with Crippen LogP contribution in [0.3, 0.4) is 0 Å². The monoisotopic (exact) mass is 226 g/mol. The second kappa shape index (κ2) is 5.15. The van der Waals surface area contributed by atoms with E-state index in [-0.39, 0.29) is 5.92 Å². The highest BCUT2D eigenvalue weighted by atomic mass is 16.5. The summed E-state index contributed by atoms with van der Waals surface area (Å²) in [5.41, 5.74) is 0. The van der Waals surface area contributed by atoms with Gasteiger partial charge in [0.15, 0.2) is 0 Å². The molecule has 16 heavy (non-hydrogen) atoms. The average Bonchev–Trinajstić information content (AvgIpc) is 2.81. The van der Waals surface area contributed by atoms with Gasteiger partial charge in [0.1, 0.15) is 0 Å². The number of ether oxygens (including phenoxy) is 1. The molecule has 2 saturated heterocycles. The van der Waals surface area contributed by atoms with Crippen LogP contribution >= 0.6 is 0 Å². The lowest BCUT2D eigenvalue weighted by atomic mass is 10.0. The van der Waals surface area contributed by atoms with E-state index in [1.807, 2.05) is 4.90 Å². The molecule has 2 aliphatic rings. The van der Waals surface area contributed by atoms with Crippen molar-refractivity contribution in [2.75, 3.05) is 40.4 Å². The number of carbonyl (C=O) groups is 1. The zero-order valence-corrected chi connectivity index (χ0v) is 10.3. The van der Waals surface area contributed by atoms with Crippen LogP contribution in [0, 0.1) is 5.92 Å². The van der Waals surface area contributed by atoms with Gasteiger partial charge in [-0.15, -0.1) is 0 Å². The van der Waals surface area contributed by atoms with Crippen molar-refractivity contribution in [2.45, 2.75) is 25.3 Å². The molecule has 0 aromatic rings. The second-order valence-electron chi connectivity index (χ2n) is 5.08. The SMILES string of the molecule is CN(C)C1CCN(C(=O)C2CCOC2)CC1. The molecule has 1 amide bonds. The molecule has 0 radical (unpaired) electrons. The molecule has 2 rings (SSSR count). The summed E-state index contributed by atoms with van der Waals surface area (Å²) >= 11 is 0. The zero-order valence-electron chi connectivity index (χ0n) is 10.3. The molecule has 92 valence electrons. The lowest BCUT2D eigenvalue weighted by molar-refractivity contribution is -0.137. The van der Waals surface area contributed by atoms with Crippen molar-refractivity contribution in [3.8, 4) is 0 Å². The van der Waals surface area contributed by atoms with Gasteiger partial charge in [-0.1, -0.05) is 0 Å². The van der Waals surface area contributed by atoms with Crippen LogP contribution in [0.1, 0.15) is 19.3 Å². The summed E-state index contributed by atoms with van der Waals surface area (Å²) in [6.07, 6.45) is 3.12. The molecule has 0 bridgehead atoms. The van der Waals surface area contributed by atoms with E-state index in [0.29, 0.717) is 18.6 Å². The van der Waals surface area contributed by atoms with Crippen LogP contribution in [0.4, 0.5) is 0 Å². The minimum absolute atomic E-state index is 0.135. The van der Waals surface area contributed by atoms with Crippen LogP contribution < -0.4 is 0 Å². The standard InChI is InChI=1S/C12H22N2O2/c1-13(2)11-3-6-14(7-4-11)12(15)10-5-8-16-9-10/h10-11H,3-9H2,1-2H3. The highest BCUT2D eigenvalue weighted by Crippen LogP contribution is 2.20. The van der Waals surface area contributed by atoms with Crippen molar-refractivity contribution >= 4 is 5.91 Å². The van der Waals surface area contributed by atoms with Crippen molar-refractivity contribution in [3.63, 3.8) is 0 Å². The Balaban J connectivity index is 1.81. The van der Waals surface area contributed by atoms with Crippen molar-refractivity contribution < 1.29 is 9.53 Å². The number of amides is 1. The summed E-state index contributed by atoms with van der Waals surface area (Å²) in [6.45, 7) is 3.22. The van der Waals surface area contributed by atoms with Crippen LogP contribution in [-0.4, -0.2) is 62.1 Å². The Bertz CT molecular complexity index is 241. The number of hydrogen-bond donors (Lipinski definition) is 0. The first kappa shape index (κ1) is 11.9. The number of nitrogens with zero attached hydrogens (tertiary/aromatic N) is 2. The summed E-state index contributed by atoms with van der Waals surface area (Å²) < 4.78 is 5.27. The Morgan fingerprint density at radius 2 is 1.94 bits per heavy atom. The minimum Gasteiger partial charge on any atom is -0.381 e. The molecule has 0 saturated carbocycles. The lowest BCUT2D eigenvalue weighted by Gasteiger charge is -2.36. The van der Waals surface area contributed by atoms with Gasteiger partial charge >= 0.3 is 0 Å². The molecule has 1 atom stereocenters. The van der Waals surface area contributed by atoms with E-state index in [1.165, 1.54) is 0 Å². The molecule has 2 fully saturated rings. The van der Waals surface area contributed by atoms with E-state index >= 15 is 0 Å². The Morgan fingerprint density at radius 3 is 2.44 bits per heavy atom. The first-order valence-electron chi connectivity index (χ1n) is 6.21. The Labute approximate surface area is 97.5 Å². The number of likely N-dealkylation sites (tertiary alicyclic amines) is 1. The van der Waals surface area contributed by atoms with Gasteiger partial charge in [-0.3, -0.25) is 4.79 Å². The molecule has 2 heterocycles. The van der Waals surface area contributed by atoms with E-state index in [0.717, 1.165) is 39.0 Å². The molecule has 4 nitrogen and oxygen atoms in total. The first-order chi connectivity index (χ1) is 7.68. The topological polar surface area (TPSA) is 32.8 Å². The van der Waals surface area contributed by atoms with Crippen molar-refractivity contribution in [2.24, 2.45) is 5.92 Å². The minimum atomic E-state index is 0.135. The molecule has 0 N–H and O–H groups in total. The third-order valence-corrected chi connectivity index (χ3v) is 3.79. The Hall–Kier alpha value is -0.610. The number of hydrogen-bond acceptors (Lipinski definition) is 3. The van der Waals surface area contributed by atoms with Crippen molar-refractivity contribution in [1.29, 1.82) is 0 Å². The highest BCUT2D eigenvalue weighted by Gasteiger charge is 2.30. The van der Waals surface area contributed by atoms with E-state index in [4.69, 9.17) is 4.74 Å². The van der Waals surface area contributed by atoms with E-state index in [9.17, 15) is 4.79 Å². The number of carbonyl (C=O) groups excluding carboxylic acids is 1. The predicted molar refractivity (Wildman–Crippen MR) is 62.2 cm³/mol. The predicted octanol–water partition coefficient (Wildman–Crippen LogP) is 0.575. The molecule has 0 spiro atoms. The van der Waals surface area contributed by atoms with Crippen LogP contribution in [0.5, 0.6) is 0 Å². The third kappa shape index (κ3) is 2.55. The molecular formula is C12H22N2O2. The molecule has 1 unspecified atom stereocenters. The fraction of sp³-hybridized carbons (Fsp3) is 0.917. The Morgan fingerprint density at radius 1 is 1.25 bits per heavy atom. The molecule has 0 aliphatic carbocycles. The van der Waals surface area contributed by atoms with Gasteiger partial charge in [0.25, 0.3) is 0 Å². The highest BCUT2D eigenvalue weighted by molar-refractivity contribution is 5.79. The zero-order chi connectivity index (χ0) is 11.5. The van der Waals surface area contributed by atoms with Gasteiger partial charge in [-0.25, -0.2) is 0 Å². The quantitative estimate of drug-likeness (QED) is 0.690. The third-order valence-electron chi connectivity index (χ3n) is 3.79. The second-order valence-corrected chi connectivity index (χ2v) is 5.08. The van der Waals surface area contributed by atoms with Gasteiger partial charge in [0.2, 0.25) is 5.91 Å². The van der Waals surface area contributed by atoms with Crippen LogP contribution in [0.25, 0.3) is 0 Å². The maximum absolute atomic E-state index is 12.1. The first-order valence-corrected chi connectivity index (χ1v) is 6.21. The van der Waals surface area contributed by atoms with Crippen LogP contribution in [0.15, 0.2) is 0 Å². The number of piperidine rings is 1. The van der Waals surface area contributed by atoms with Crippen LogP contribution in [0.2, 0.25) is 0 Å². The molecular weight excluding hydrogens is 204 g/mol. The molecule has 0 aromatic heterocycles. The summed E-state index contributed by atoms with van der Waals surface area (Å²) in [6, 6.07) is 0.642. The van der Waals surface area contributed by atoms with E-state index in [2.05, 4.69) is 19.0 Å². The molecule has 0 aromatic carbocycles. The van der Waals surface area contributed by atoms with Gasteiger partial charge in [0.05, 0.1) is 12.5 Å². The van der Waals surface area contributed by atoms with Crippen molar-refractivity contribution in [1.82, 2.24) is 9.80 Å². The molecule has 2 aliphatic heterocycles. The van der Waals surface area contributed by atoms with Crippen LogP contribution in [-0.2, 0) is 9.53 Å². The van der Waals surface area contributed by atoms with E-state index < -0.39 is 0 Å². The van der Waals surface area contributed by atoms with Gasteiger partial charge in [0, 0.05) is 25.7 Å². The largest absolute Gasteiger partial charge is 0.381 e. The van der Waals surface area contributed by atoms with Crippen molar-refractivity contribution in [3.05, 3.63) is 0 Å². The maximum atomic E-state index is 12.1. The van der Waals surface area contributed by atoms with E-state index in [1.54, 1.807) is 0 Å². The molecule has 4 heteroatoms. The summed E-state index contributed by atoms with van der Waals surface area (Å²) in [5, 5.41) is 0. The summed E-state index contributed by atoms with van der Waals surface area (Å²) in [4.78, 5) is 16.4. The van der Waals surface area contributed by atoms with Gasteiger partial charge in [-0.05, 0) is 33.4 Å². The summed E-state index contributed by atoms with van der Waals surface area (Å²) in [7, 11) is 4.24. The van der Waals surface area contributed by atoms with Gasteiger partial charge < -0.3 is 14.5 Å². The lowest BCUT2D eigenvalue weighted by Crippen LogP contribution is -2.46. The fourth-order valence-electron chi connectivity index (χ4n) is 2.59. The summed E-state index contributed by atoms with van der Waals surface area (Å²) in [5.74, 6) is 0.450. The average molecular weight is 226 g/mol. The Kier molecular flexibility index (Phi) is 3.82. The number of rotatable bonds is 2. The normalized spacial score (nSPS) is 27.7.